The van der Waals surface area contributed by atoms with Crippen molar-refractivity contribution >= 4 is 61.9 Å². The Hall–Kier alpha value is -6.26. The summed E-state index contributed by atoms with van der Waals surface area (Å²) in [5.41, 5.74) is 19.0. The van der Waals surface area contributed by atoms with Crippen LogP contribution in [0.3, 0.4) is 0 Å². The summed E-state index contributed by atoms with van der Waals surface area (Å²) in [5.74, 6) is 0.889. The molecular weight excluding hydrogens is 679 g/mol. The van der Waals surface area contributed by atoms with Gasteiger partial charge in [-0.1, -0.05) is 137 Å². The van der Waals surface area contributed by atoms with Crippen LogP contribution in [-0.2, 0) is 10.8 Å². The predicted molar refractivity (Wildman–Crippen MR) is 236 cm³/mol. The lowest BCUT2D eigenvalue weighted by Crippen LogP contribution is -2.60. The smallest absolute Gasteiger partial charge is 0.333 e. The molecule has 0 saturated heterocycles. The summed E-state index contributed by atoms with van der Waals surface area (Å²) < 4.78 is 9.29. The van der Waals surface area contributed by atoms with E-state index in [0.717, 1.165) is 22.3 Å². The van der Waals surface area contributed by atoms with E-state index in [0.29, 0.717) is 0 Å². The van der Waals surface area contributed by atoms with Crippen LogP contribution in [0.2, 0.25) is 0 Å². The molecule has 4 heteroatoms. The number of benzene rings is 7. The molecule has 2 aliphatic heterocycles. The van der Waals surface area contributed by atoms with Crippen molar-refractivity contribution in [3.8, 4) is 39.3 Å². The van der Waals surface area contributed by atoms with Crippen LogP contribution < -0.4 is 15.7 Å². The molecular formula is C52H41BN2O. The first kappa shape index (κ1) is 32.0. The molecule has 56 heavy (non-hydrogen) atoms. The maximum absolute atomic E-state index is 6.74. The number of aromatic nitrogens is 1. The molecule has 268 valence electrons. The Labute approximate surface area is 327 Å². The average molecular weight is 721 g/mol. The summed E-state index contributed by atoms with van der Waals surface area (Å²) in [6, 6.07) is 56.4. The molecule has 0 unspecified atom stereocenters. The fraction of sp³-hybridized carbons (Fsp3) is 0.154. The van der Waals surface area contributed by atoms with Crippen molar-refractivity contribution in [3.05, 3.63) is 163 Å². The number of fused-ring (bicyclic) bond motifs is 10. The fourth-order valence-electron chi connectivity index (χ4n) is 10.5. The van der Waals surface area contributed by atoms with Crippen LogP contribution in [0.25, 0.3) is 72.0 Å². The predicted octanol–water partition coefficient (Wildman–Crippen LogP) is 12.5. The second-order valence-corrected chi connectivity index (χ2v) is 17.5. The largest absolute Gasteiger partial charge is 0.456 e. The second kappa shape index (κ2) is 11.2. The molecule has 9 aromatic rings. The zero-order chi connectivity index (χ0) is 37.5. The van der Waals surface area contributed by atoms with Gasteiger partial charge in [0, 0.05) is 50.4 Å². The third-order valence-electron chi connectivity index (χ3n) is 13.4. The minimum absolute atomic E-state index is 0.0729. The van der Waals surface area contributed by atoms with E-state index in [1.54, 1.807) is 0 Å². The van der Waals surface area contributed by atoms with E-state index in [1.165, 1.54) is 96.0 Å². The van der Waals surface area contributed by atoms with E-state index in [-0.39, 0.29) is 17.7 Å². The van der Waals surface area contributed by atoms with E-state index >= 15 is 0 Å². The molecule has 7 aromatic carbocycles. The van der Waals surface area contributed by atoms with Crippen molar-refractivity contribution in [3.63, 3.8) is 0 Å². The Balaban J connectivity index is 1.23. The number of nitrogens with zero attached hydrogens (tertiary/aromatic N) is 2. The molecule has 3 nitrogen and oxygen atoms in total. The fourth-order valence-corrected chi connectivity index (χ4v) is 10.5. The summed E-state index contributed by atoms with van der Waals surface area (Å²) in [6.45, 7) is 9.64. The molecule has 2 aromatic heterocycles. The highest BCUT2D eigenvalue weighted by molar-refractivity contribution is 6.94. The lowest BCUT2D eigenvalue weighted by atomic mass is 9.43. The lowest BCUT2D eigenvalue weighted by molar-refractivity contribution is 0.332. The number of hydrogen-bond acceptors (Lipinski definition) is 2. The average Bonchev–Trinajstić information content (AvgIpc) is 3.81. The van der Waals surface area contributed by atoms with Gasteiger partial charge in [0.2, 0.25) is 0 Å². The molecule has 0 fully saturated rings. The Morgan fingerprint density at radius 2 is 1.27 bits per heavy atom. The minimum Gasteiger partial charge on any atom is -0.456 e. The molecule has 0 bridgehead atoms. The van der Waals surface area contributed by atoms with Gasteiger partial charge in [0.05, 0.1) is 11.0 Å². The highest BCUT2D eigenvalue weighted by Gasteiger charge is 2.46. The zero-order valence-corrected chi connectivity index (χ0v) is 32.2. The molecule has 0 atom stereocenters. The van der Waals surface area contributed by atoms with E-state index in [9.17, 15) is 0 Å². The first-order valence-corrected chi connectivity index (χ1v) is 20.1. The first-order valence-electron chi connectivity index (χ1n) is 20.1. The summed E-state index contributed by atoms with van der Waals surface area (Å²) in [5, 5.41) is 3.69. The van der Waals surface area contributed by atoms with E-state index in [1.807, 2.05) is 0 Å². The minimum atomic E-state index is -0.0729. The zero-order valence-electron chi connectivity index (χ0n) is 32.2. The molecule has 0 amide bonds. The van der Waals surface area contributed by atoms with E-state index in [4.69, 9.17) is 4.42 Å². The van der Waals surface area contributed by atoms with Crippen LogP contribution >= 0.6 is 0 Å². The summed E-state index contributed by atoms with van der Waals surface area (Å²) >= 11 is 0. The maximum atomic E-state index is 6.74. The topological polar surface area (TPSA) is 21.3 Å². The Morgan fingerprint density at radius 1 is 0.571 bits per heavy atom. The third kappa shape index (κ3) is 4.30. The van der Waals surface area contributed by atoms with Crippen molar-refractivity contribution < 1.29 is 4.42 Å². The Morgan fingerprint density at radius 3 is 2.07 bits per heavy atom. The first-order chi connectivity index (χ1) is 27.3. The van der Waals surface area contributed by atoms with E-state index < -0.39 is 0 Å². The molecule has 0 radical (unpaired) electrons. The Kier molecular flexibility index (Phi) is 6.39. The molecule has 0 saturated carbocycles. The van der Waals surface area contributed by atoms with Crippen LogP contribution in [0.15, 0.2) is 156 Å². The maximum Gasteiger partial charge on any atom is 0.333 e. The van der Waals surface area contributed by atoms with Crippen molar-refractivity contribution in [2.75, 3.05) is 4.81 Å². The van der Waals surface area contributed by atoms with Gasteiger partial charge in [-0.15, -0.1) is 0 Å². The van der Waals surface area contributed by atoms with Crippen molar-refractivity contribution in [2.24, 2.45) is 0 Å². The summed E-state index contributed by atoms with van der Waals surface area (Å²) in [4.78, 5) is 2.67. The van der Waals surface area contributed by atoms with Crippen LogP contribution in [0.1, 0.15) is 51.7 Å². The van der Waals surface area contributed by atoms with Gasteiger partial charge in [0.25, 0.3) is 0 Å². The Bertz CT molecular complexity index is 3100. The summed E-state index contributed by atoms with van der Waals surface area (Å²) in [6.07, 6.45) is 2.37. The molecule has 1 aliphatic carbocycles. The van der Waals surface area contributed by atoms with Gasteiger partial charge in [0.1, 0.15) is 11.3 Å². The highest BCUT2D eigenvalue weighted by Crippen LogP contribution is 2.51. The van der Waals surface area contributed by atoms with Crippen LogP contribution in [-0.4, -0.2) is 11.4 Å². The molecule has 3 aliphatic rings. The van der Waals surface area contributed by atoms with Crippen LogP contribution in [0.5, 0.6) is 0 Å². The lowest BCUT2D eigenvalue weighted by Gasteiger charge is -2.45. The van der Waals surface area contributed by atoms with Crippen LogP contribution in [0, 0.1) is 0 Å². The van der Waals surface area contributed by atoms with E-state index in [2.05, 4.69) is 189 Å². The number of rotatable bonds is 3. The van der Waals surface area contributed by atoms with Gasteiger partial charge in [-0.2, -0.15) is 0 Å². The number of hydrogen-bond donors (Lipinski definition) is 0. The van der Waals surface area contributed by atoms with Gasteiger partial charge in [-0.3, -0.25) is 0 Å². The van der Waals surface area contributed by atoms with Gasteiger partial charge < -0.3 is 13.8 Å². The SMILES string of the molecule is CC1(C)CCC(C)(C)c2cc(N3B4c5cc6cc(-c7ccccc7)oc6cc5-n5c6ccccc6c6c(-c7ccccc7)cc(c4c65)-c4ccccc43)ccc21. The third-order valence-corrected chi connectivity index (χ3v) is 13.4. The quantitative estimate of drug-likeness (QED) is 0.170. The molecule has 4 heterocycles. The number of para-hydroxylation sites is 2. The van der Waals surface area contributed by atoms with Gasteiger partial charge in [0.15, 0.2) is 0 Å². The van der Waals surface area contributed by atoms with Crippen molar-refractivity contribution in [2.45, 2.75) is 51.4 Å². The normalized spacial score (nSPS) is 15.9. The van der Waals surface area contributed by atoms with Crippen molar-refractivity contribution in [1.29, 1.82) is 0 Å². The number of furan rings is 1. The number of anilines is 2. The van der Waals surface area contributed by atoms with Crippen LogP contribution in [0.4, 0.5) is 11.4 Å². The molecule has 0 N–H and O–H groups in total. The highest BCUT2D eigenvalue weighted by atomic mass is 16.3. The molecule has 0 spiro atoms. The monoisotopic (exact) mass is 720 g/mol. The van der Waals surface area contributed by atoms with Gasteiger partial charge in [-0.25, -0.2) is 0 Å². The van der Waals surface area contributed by atoms with Gasteiger partial charge >= 0.3 is 6.85 Å². The standard InChI is InChI=1S/C52H41BN2O/c1-51(2)25-26-52(3,4)41-29-35(23-24-40(41)51)55-44-22-14-11-19-36(44)39-30-38(32-15-7-5-8-16-32)48-37-20-12-13-21-43(37)54-45-31-47-34(27-42(45)53(55)49(39)50(48)54)28-46(56-47)33-17-9-6-10-18-33/h5-24,27-31H,25-26H2,1-4H3. The van der Waals surface area contributed by atoms with Gasteiger partial charge in [-0.05, 0) is 98.8 Å². The molecule has 12 rings (SSSR count). The second-order valence-electron chi connectivity index (χ2n) is 17.5. The summed E-state index contributed by atoms with van der Waals surface area (Å²) in [7, 11) is 0. The van der Waals surface area contributed by atoms with Crippen molar-refractivity contribution in [1.82, 2.24) is 4.57 Å².